The van der Waals surface area contributed by atoms with E-state index in [2.05, 4.69) is 32.3 Å². The van der Waals surface area contributed by atoms with Crippen LogP contribution >= 0.6 is 15.9 Å². The maximum atomic E-state index is 8.69. The second kappa shape index (κ2) is 6.16. The Morgan fingerprint density at radius 1 is 1.42 bits per heavy atom. The number of aromatic nitrogens is 2. The van der Waals surface area contributed by atoms with Crippen molar-refractivity contribution in [1.29, 1.82) is 5.26 Å². The second-order valence-electron chi connectivity index (χ2n) is 3.86. The molecule has 96 valence electrons. The molecule has 0 saturated heterocycles. The normalized spacial score (nSPS) is 10.7. The lowest BCUT2D eigenvalue weighted by molar-refractivity contribution is 0.322. The van der Waals surface area contributed by atoms with Gasteiger partial charge in [0, 0.05) is 21.8 Å². The predicted molar refractivity (Wildman–Crippen MR) is 75.0 cm³/mol. The Hall–Kier alpha value is -2.13. The largest absolute Gasteiger partial charge is 0.411 e. The molecule has 0 aliphatic heterocycles. The quantitative estimate of drug-likeness (QED) is 0.535. The highest BCUT2D eigenvalue weighted by molar-refractivity contribution is 9.10. The number of hydrogen-bond donors (Lipinski definition) is 1. The van der Waals surface area contributed by atoms with Crippen LogP contribution in [0.3, 0.4) is 0 Å². The van der Waals surface area contributed by atoms with E-state index in [1.165, 1.54) is 6.21 Å². The first kappa shape index (κ1) is 13.3. The van der Waals surface area contributed by atoms with Crippen molar-refractivity contribution in [2.75, 3.05) is 0 Å². The molecule has 0 bridgehead atoms. The fraction of sp³-hybridized carbons (Fsp3) is 0.154. The first-order valence-corrected chi connectivity index (χ1v) is 6.41. The molecule has 0 unspecified atom stereocenters. The molecule has 19 heavy (non-hydrogen) atoms. The van der Waals surface area contributed by atoms with Gasteiger partial charge in [0.15, 0.2) is 0 Å². The third-order valence-electron chi connectivity index (χ3n) is 2.56. The molecule has 0 radical (unpaired) electrons. The summed E-state index contributed by atoms with van der Waals surface area (Å²) in [7, 11) is 0. The van der Waals surface area contributed by atoms with E-state index >= 15 is 0 Å². The molecule has 0 amide bonds. The van der Waals surface area contributed by atoms with Crippen molar-refractivity contribution < 1.29 is 5.21 Å². The highest BCUT2D eigenvalue weighted by Gasteiger charge is 2.09. The Labute approximate surface area is 118 Å². The number of oxime groups is 1. The molecule has 1 N–H and O–H groups in total. The minimum atomic E-state index is 0.386. The van der Waals surface area contributed by atoms with Gasteiger partial charge in [-0.15, -0.1) is 0 Å². The smallest absolute Gasteiger partial charge is 0.101 e. The third kappa shape index (κ3) is 3.20. The van der Waals surface area contributed by atoms with Crippen molar-refractivity contribution in [2.24, 2.45) is 5.16 Å². The summed E-state index contributed by atoms with van der Waals surface area (Å²) >= 11 is 3.38. The Morgan fingerprint density at radius 2 is 2.16 bits per heavy atom. The van der Waals surface area contributed by atoms with Gasteiger partial charge in [-0.1, -0.05) is 33.2 Å². The molecule has 0 atom stereocenters. The number of hydrogen-bond acceptors (Lipinski definition) is 4. The van der Waals surface area contributed by atoms with Crippen LogP contribution in [0.25, 0.3) is 11.3 Å². The van der Waals surface area contributed by atoms with Crippen LogP contribution in [0.4, 0.5) is 0 Å². The minimum absolute atomic E-state index is 0.386. The first-order chi connectivity index (χ1) is 9.24. The molecule has 5 nitrogen and oxygen atoms in total. The van der Waals surface area contributed by atoms with E-state index in [-0.39, 0.29) is 0 Å². The Morgan fingerprint density at radius 3 is 2.79 bits per heavy atom. The van der Waals surface area contributed by atoms with Crippen LogP contribution in [0.2, 0.25) is 0 Å². The lowest BCUT2D eigenvalue weighted by atomic mass is 10.1. The maximum absolute atomic E-state index is 8.69. The third-order valence-corrected chi connectivity index (χ3v) is 3.09. The summed E-state index contributed by atoms with van der Waals surface area (Å²) in [5, 5.41) is 24.7. The molecule has 2 aromatic rings. The van der Waals surface area contributed by atoms with Crippen LogP contribution in [0, 0.1) is 11.3 Å². The van der Waals surface area contributed by atoms with Gasteiger partial charge in [0.1, 0.15) is 5.69 Å². The Bertz CT molecular complexity index is 625. The van der Waals surface area contributed by atoms with E-state index in [0.717, 1.165) is 15.7 Å². The second-order valence-corrected chi connectivity index (χ2v) is 4.77. The molecule has 6 heteroatoms. The summed E-state index contributed by atoms with van der Waals surface area (Å²) < 4.78 is 2.66. The van der Waals surface area contributed by atoms with Gasteiger partial charge in [-0.3, -0.25) is 4.68 Å². The zero-order valence-electron chi connectivity index (χ0n) is 9.99. The molecule has 0 fully saturated rings. The number of aryl methyl sites for hydroxylation is 1. The number of rotatable bonds is 4. The number of halogens is 1. The fourth-order valence-electron chi connectivity index (χ4n) is 1.70. The van der Waals surface area contributed by atoms with Crippen molar-refractivity contribution in [3.63, 3.8) is 0 Å². The summed E-state index contributed by atoms with van der Waals surface area (Å²) in [5.41, 5.74) is 2.36. The molecule has 0 spiro atoms. The summed E-state index contributed by atoms with van der Waals surface area (Å²) in [6.07, 6.45) is 3.48. The molecular weight excluding hydrogens is 308 g/mol. The standard InChI is InChI=1S/C13H11BrN4O/c14-12-4-2-10(3-5-12)13-11(8-16-19)9-18(17-13)7-1-6-15/h2-5,8-9,19H,1,7H2/b16-8+. The van der Waals surface area contributed by atoms with Crippen molar-refractivity contribution in [3.8, 4) is 17.3 Å². The summed E-state index contributed by atoms with van der Waals surface area (Å²) in [6.45, 7) is 0.513. The first-order valence-electron chi connectivity index (χ1n) is 5.62. The van der Waals surface area contributed by atoms with E-state index in [4.69, 9.17) is 10.5 Å². The van der Waals surface area contributed by atoms with Crippen LogP contribution < -0.4 is 0 Å². The monoisotopic (exact) mass is 318 g/mol. The summed E-state index contributed by atoms with van der Waals surface area (Å²) in [5.74, 6) is 0. The zero-order chi connectivity index (χ0) is 13.7. The Balaban J connectivity index is 2.40. The van der Waals surface area contributed by atoms with Gasteiger partial charge in [0.05, 0.1) is 25.2 Å². The average molecular weight is 319 g/mol. The van der Waals surface area contributed by atoms with Crippen molar-refractivity contribution in [2.45, 2.75) is 13.0 Å². The number of benzene rings is 1. The predicted octanol–water partition coefficient (Wildman–Crippen LogP) is 3.03. The summed E-state index contributed by atoms with van der Waals surface area (Å²) in [4.78, 5) is 0. The summed E-state index contributed by atoms with van der Waals surface area (Å²) in [6, 6.07) is 9.77. The topological polar surface area (TPSA) is 74.2 Å². The maximum Gasteiger partial charge on any atom is 0.101 e. The SMILES string of the molecule is N#CCCn1cc(/C=N/O)c(-c2ccc(Br)cc2)n1. The molecule has 1 aromatic carbocycles. The highest BCUT2D eigenvalue weighted by atomic mass is 79.9. The number of nitrogens with zero attached hydrogens (tertiary/aromatic N) is 4. The van der Waals surface area contributed by atoms with Crippen LogP contribution in [0.1, 0.15) is 12.0 Å². The van der Waals surface area contributed by atoms with E-state index in [1.54, 1.807) is 10.9 Å². The van der Waals surface area contributed by atoms with E-state index in [9.17, 15) is 0 Å². The average Bonchev–Trinajstić information content (AvgIpc) is 2.81. The molecule has 2 rings (SSSR count). The lowest BCUT2D eigenvalue weighted by Gasteiger charge is -1.99. The molecule has 1 aromatic heterocycles. The van der Waals surface area contributed by atoms with Crippen LogP contribution in [-0.4, -0.2) is 21.2 Å². The van der Waals surface area contributed by atoms with E-state index in [0.29, 0.717) is 18.5 Å². The van der Waals surface area contributed by atoms with Gasteiger partial charge >= 0.3 is 0 Å². The van der Waals surface area contributed by atoms with E-state index < -0.39 is 0 Å². The van der Waals surface area contributed by atoms with Crippen LogP contribution in [0.15, 0.2) is 40.1 Å². The van der Waals surface area contributed by atoms with Gasteiger partial charge in [0.25, 0.3) is 0 Å². The Kier molecular flexibility index (Phi) is 4.31. The fourth-order valence-corrected chi connectivity index (χ4v) is 1.97. The highest BCUT2D eigenvalue weighted by Crippen LogP contribution is 2.23. The van der Waals surface area contributed by atoms with Crippen molar-refractivity contribution >= 4 is 22.1 Å². The molecule has 0 aliphatic rings. The molecule has 0 saturated carbocycles. The zero-order valence-corrected chi connectivity index (χ0v) is 11.6. The molecule has 1 heterocycles. The van der Waals surface area contributed by atoms with E-state index in [1.807, 2.05) is 24.3 Å². The minimum Gasteiger partial charge on any atom is -0.411 e. The number of nitriles is 1. The van der Waals surface area contributed by atoms with Crippen LogP contribution in [-0.2, 0) is 6.54 Å². The van der Waals surface area contributed by atoms with Gasteiger partial charge in [-0.2, -0.15) is 10.4 Å². The van der Waals surface area contributed by atoms with Gasteiger partial charge in [0.2, 0.25) is 0 Å². The van der Waals surface area contributed by atoms with Crippen LogP contribution in [0.5, 0.6) is 0 Å². The molecule has 0 aliphatic carbocycles. The van der Waals surface area contributed by atoms with Crippen molar-refractivity contribution in [3.05, 3.63) is 40.5 Å². The molecular formula is C13H11BrN4O. The lowest BCUT2D eigenvalue weighted by Crippen LogP contribution is -1.97. The van der Waals surface area contributed by atoms with Crippen molar-refractivity contribution in [1.82, 2.24) is 9.78 Å². The van der Waals surface area contributed by atoms with Gasteiger partial charge in [-0.05, 0) is 12.1 Å². The van der Waals surface area contributed by atoms with Gasteiger partial charge < -0.3 is 5.21 Å². The van der Waals surface area contributed by atoms with Gasteiger partial charge in [-0.25, -0.2) is 0 Å².